The van der Waals surface area contributed by atoms with Gasteiger partial charge in [-0.3, -0.25) is 19.2 Å². The van der Waals surface area contributed by atoms with E-state index in [1.54, 1.807) is 18.2 Å². The summed E-state index contributed by atoms with van der Waals surface area (Å²) in [6.07, 6.45) is 2.69. The van der Waals surface area contributed by atoms with Gasteiger partial charge in [0.1, 0.15) is 6.04 Å². The Hall–Kier alpha value is -3.54. The molecule has 33 heavy (non-hydrogen) atoms. The fourth-order valence-electron chi connectivity index (χ4n) is 3.85. The molecular weight excluding hydrogens is 454 g/mol. The maximum absolute atomic E-state index is 13.0. The average molecular weight is 475 g/mol. The molecule has 0 spiro atoms. The number of benzene rings is 1. The second kappa shape index (κ2) is 9.14. The highest BCUT2D eigenvalue weighted by Gasteiger charge is 2.46. The van der Waals surface area contributed by atoms with Crippen molar-refractivity contribution >= 4 is 40.6 Å². The topological polar surface area (TPSA) is 143 Å². The summed E-state index contributed by atoms with van der Waals surface area (Å²) in [6, 6.07) is 2.60. The van der Waals surface area contributed by atoms with Crippen LogP contribution in [0.15, 0.2) is 30.4 Å². The van der Waals surface area contributed by atoms with Gasteiger partial charge in [0.25, 0.3) is 5.91 Å². The van der Waals surface area contributed by atoms with Crippen molar-refractivity contribution in [3.8, 4) is 11.5 Å². The summed E-state index contributed by atoms with van der Waals surface area (Å²) in [6.45, 7) is 1.50. The number of ether oxygens (including phenoxy) is 2. The minimum Gasteiger partial charge on any atom is -0.479 e. The zero-order valence-corrected chi connectivity index (χ0v) is 18.4. The van der Waals surface area contributed by atoms with Gasteiger partial charge in [-0.1, -0.05) is 30.0 Å². The highest BCUT2D eigenvalue weighted by Crippen LogP contribution is 2.33. The molecule has 11 nitrogen and oxygen atoms in total. The number of hydrogen-bond donors (Lipinski definition) is 2. The molecule has 1 aromatic rings. The van der Waals surface area contributed by atoms with Gasteiger partial charge in [0.05, 0.1) is 18.2 Å². The number of carbonyl (C=O) groups excluding carboxylic acids is 4. The molecule has 1 unspecified atom stereocenters. The van der Waals surface area contributed by atoms with E-state index in [4.69, 9.17) is 9.47 Å². The van der Waals surface area contributed by atoms with Crippen LogP contribution in [0.25, 0.3) is 0 Å². The molecule has 3 amide bonds. The van der Waals surface area contributed by atoms with Gasteiger partial charge in [-0.2, -0.15) is 0 Å². The lowest BCUT2D eigenvalue weighted by Crippen LogP contribution is -2.67. The van der Waals surface area contributed by atoms with E-state index in [1.165, 1.54) is 19.1 Å². The van der Waals surface area contributed by atoms with Crippen LogP contribution in [0.5, 0.6) is 11.5 Å². The van der Waals surface area contributed by atoms with Crippen LogP contribution in [0.3, 0.4) is 0 Å². The molecule has 4 rings (SSSR count). The third kappa shape index (κ3) is 4.65. The Morgan fingerprint density at radius 1 is 1.24 bits per heavy atom. The van der Waals surface area contributed by atoms with E-state index in [1.807, 2.05) is 0 Å². The van der Waals surface area contributed by atoms with Crippen molar-refractivity contribution < 1.29 is 38.6 Å². The fraction of sp³-hybridized carbons (Fsp3) is 0.381. The monoisotopic (exact) mass is 475 g/mol. The normalized spacial score (nSPS) is 22.1. The van der Waals surface area contributed by atoms with E-state index >= 15 is 0 Å². The zero-order chi connectivity index (χ0) is 23.7. The lowest BCUT2D eigenvalue weighted by Gasteiger charge is -2.44. The summed E-state index contributed by atoms with van der Waals surface area (Å²) in [5, 5.41) is 12.7. The molecule has 0 saturated carbocycles. The van der Waals surface area contributed by atoms with Crippen molar-refractivity contribution in [1.82, 2.24) is 15.3 Å². The number of amides is 3. The number of hydrogen-bond acceptors (Lipinski definition) is 8. The molecule has 1 saturated heterocycles. The Morgan fingerprint density at radius 3 is 2.73 bits per heavy atom. The maximum atomic E-state index is 13.0. The first-order valence-corrected chi connectivity index (χ1v) is 11.0. The maximum Gasteiger partial charge on any atom is 0.332 e. The summed E-state index contributed by atoms with van der Waals surface area (Å²) in [5.41, 5.74) is 0.720. The smallest absolute Gasteiger partial charge is 0.332 e. The van der Waals surface area contributed by atoms with E-state index in [0.717, 1.165) is 27.3 Å². The molecule has 174 valence electrons. The van der Waals surface area contributed by atoms with Gasteiger partial charge in [0, 0.05) is 6.92 Å². The van der Waals surface area contributed by atoms with Crippen LogP contribution >= 0.6 is 11.8 Å². The van der Waals surface area contributed by atoms with Crippen LogP contribution in [0.4, 0.5) is 0 Å². The number of aliphatic carboxylic acids is 1. The molecule has 0 aromatic heterocycles. The molecule has 3 aliphatic rings. The SMILES string of the molecule is CC(=O)S[C@H](Cc1ccc2c(c1)OCO2)C(=O)NC1CC(=O)N2CC=C[C@@H](C(=O)O)N2C1=O. The van der Waals surface area contributed by atoms with Crippen LogP contribution in [-0.2, 0) is 30.4 Å². The Bertz CT molecular complexity index is 1060. The van der Waals surface area contributed by atoms with Gasteiger partial charge >= 0.3 is 5.97 Å². The molecule has 2 N–H and O–H groups in total. The quantitative estimate of drug-likeness (QED) is 0.547. The Kier molecular flexibility index (Phi) is 6.27. The molecule has 12 heteroatoms. The number of carboxylic acids is 1. The molecule has 3 atom stereocenters. The number of nitrogens with one attached hydrogen (secondary N) is 1. The van der Waals surface area contributed by atoms with Crippen LogP contribution in [-0.4, -0.2) is 74.6 Å². The number of hydrazine groups is 1. The Morgan fingerprint density at radius 2 is 2.00 bits per heavy atom. The van der Waals surface area contributed by atoms with Crippen molar-refractivity contribution in [3.63, 3.8) is 0 Å². The van der Waals surface area contributed by atoms with E-state index in [0.29, 0.717) is 11.5 Å². The Labute approximate surface area is 192 Å². The first-order valence-electron chi connectivity index (χ1n) is 10.1. The fourth-order valence-corrected chi connectivity index (χ4v) is 4.70. The predicted octanol–water partition coefficient (Wildman–Crippen LogP) is 0.0898. The molecule has 0 radical (unpaired) electrons. The molecule has 1 aromatic carbocycles. The van der Waals surface area contributed by atoms with Gasteiger partial charge in [-0.25, -0.2) is 14.8 Å². The number of carbonyl (C=O) groups is 5. The summed E-state index contributed by atoms with van der Waals surface area (Å²) < 4.78 is 10.6. The molecule has 0 aliphatic carbocycles. The number of fused-ring (bicyclic) bond motifs is 2. The first kappa shape index (κ1) is 22.6. The third-order valence-electron chi connectivity index (χ3n) is 5.34. The van der Waals surface area contributed by atoms with Gasteiger partial charge in [0.2, 0.25) is 18.6 Å². The summed E-state index contributed by atoms with van der Waals surface area (Å²) in [5.74, 6) is -1.97. The van der Waals surface area contributed by atoms with Crippen molar-refractivity contribution in [2.75, 3.05) is 13.3 Å². The summed E-state index contributed by atoms with van der Waals surface area (Å²) in [4.78, 5) is 62.0. The van der Waals surface area contributed by atoms with Gasteiger partial charge in [-0.05, 0) is 24.1 Å². The van der Waals surface area contributed by atoms with Crippen LogP contribution in [0.1, 0.15) is 18.9 Å². The van der Waals surface area contributed by atoms with Crippen molar-refractivity contribution in [3.05, 3.63) is 35.9 Å². The predicted molar refractivity (Wildman–Crippen MR) is 114 cm³/mol. The van der Waals surface area contributed by atoms with Crippen LogP contribution in [0.2, 0.25) is 0 Å². The number of carboxylic acid groups (broad SMARTS) is 1. The van der Waals surface area contributed by atoms with E-state index in [2.05, 4.69) is 5.32 Å². The van der Waals surface area contributed by atoms with E-state index in [9.17, 15) is 29.1 Å². The third-order valence-corrected chi connectivity index (χ3v) is 6.34. The first-order chi connectivity index (χ1) is 15.7. The summed E-state index contributed by atoms with van der Waals surface area (Å²) >= 11 is 0.806. The van der Waals surface area contributed by atoms with E-state index in [-0.39, 0.29) is 31.3 Å². The molecule has 3 heterocycles. The van der Waals surface area contributed by atoms with Gasteiger partial charge in [0.15, 0.2) is 22.7 Å². The standard InChI is InChI=1S/C21H21N3O8S/c1-11(25)33-17(8-12-4-5-15-16(7-12)32-10-31-15)19(27)22-13-9-18(26)23-6-2-3-14(21(29)30)24(23)20(13)28/h2-5,7,13-14,17H,6,8-10H2,1H3,(H,22,27)(H,29,30)/t13?,14-,17+/m0/s1. The number of rotatable bonds is 6. The van der Waals surface area contributed by atoms with Crippen LogP contribution in [0, 0.1) is 0 Å². The molecular formula is C21H21N3O8S. The highest BCUT2D eigenvalue weighted by molar-refractivity contribution is 8.14. The molecule has 0 bridgehead atoms. The average Bonchev–Trinajstić information content (AvgIpc) is 3.24. The lowest BCUT2D eigenvalue weighted by atomic mass is 10.0. The summed E-state index contributed by atoms with van der Waals surface area (Å²) in [7, 11) is 0. The Balaban J connectivity index is 1.50. The molecule has 1 fully saturated rings. The van der Waals surface area contributed by atoms with Crippen molar-refractivity contribution in [2.24, 2.45) is 0 Å². The van der Waals surface area contributed by atoms with Crippen molar-refractivity contribution in [2.45, 2.75) is 37.1 Å². The number of thioether (sulfide) groups is 1. The van der Waals surface area contributed by atoms with Crippen molar-refractivity contribution in [1.29, 1.82) is 0 Å². The van der Waals surface area contributed by atoms with Gasteiger partial charge in [-0.15, -0.1) is 0 Å². The second-order valence-corrected chi connectivity index (χ2v) is 9.00. The zero-order valence-electron chi connectivity index (χ0n) is 17.6. The van der Waals surface area contributed by atoms with Gasteiger partial charge < -0.3 is 19.9 Å². The molecule has 3 aliphatic heterocycles. The minimum atomic E-state index is -1.34. The number of nitrogens with zero attached hydrogens (tertiary/aromatic N) is 2. The van der Waals surface area contributed by atoms with E-state index < -0.39 is 41.0 Å². The van der Waals surface area contributed by atoms with Crippen LogP contribution < -0.4 is 14.8 Å². The second-order valence-electron chi connectivity index (χ2n) is 7.62. The largest absolute Gasteiger partial charge is 0.479 e. The lowest BCUT2D eigenvalue weighted by molar-refractivity contribution is -0.182. The minimum absolute atomic E-state index is 0.0714. The highest BCUT2D eigenvalue weighted by atomic mass is 32.2.